The number of nitrogens with one attached hydrogen (secondary N) is 2. The summed E-state index contributed by atoms with van der Waals surface area (Å²) >= 11 is 1.02. The van der Waals surface area contributed by atoms with Crippen LogP contribution < -0.4 is 19.8 Å². The molecule has 28 heavy (non-hydrogen) atoms. The van der Waals surface area contributed by atoms with Crippen LogP contribution in [-0.4, -0.2) is 42.7 Å². The third-order valence-corrected chi connectivity index (χ3v) is 6.55. The van der Waals surface area contributed by atoms with Crippen LogP contribution in [0.5, 0.6) is 11.6 Å². The average Bonchev–Trinajstić information content (AvgIpc) is 3.01. The van der Waals surface area contributed by atoms with Crippen LogP contribution in [0.4, 0.5) is 5.69 Å². The van der Waals surface area contributed by atoms with Gasteiger partial charge in [-0.3, -0.25) is 14.6 Å². The lowest BCUT2D eigenvalue weighted by Gasteiger charge is -2.35. The molecule has 3 N–H and O–H groups in total. The normalized spacial score (nSPS) is 17.6. The Balaban J connectivity index is 1.71. The number of rotatable bonds is 5. The number of aromatic amines is 1. The molecule has 1 aromatic carbocycles. The Kier molecular flexibility index (Phi) is 5.41. The van der Waals surface area contributed by atoms with E-state index in [1.54, 1.807) is 7.11 Å². The number of carbonyl (C=O) groups is 1. The van der Waals surface area contributed by atoms with Crippen LogP contribution in [-0.2, 0) is 17.6 Å². The van der Waals surface area contributed by atoms with Gasteiger partial charge in [0.1, 0.15) is 5.75 Å². The molecule has 0 spiro atoms. The van der Waals surface area contributed by atoms with Gasteiger partial charge < -0.3 is 20.1 Å². The first-order chi connectivity index (χ1) is 13.6. The highest BCUT2D eigenvalue weighted by molar-refractivity contribution is 7.09. The van der Waals surface area contributed by atoms with Crippen molar-refractivity contribution in [3.8, 4) is 11.6 Å². The number of piperidine rings is 1. The molecule has 1 amide bonds. The summed E-state index contributed by atoms with van der Waals surface area (Å²) in [7, 11) is 1.63. The number of carbonyl (C=O) groups excluding carboxylic acids is 1. The Morgan fingerprint density at radius 2 is 2.04 bits per heavy atom. The molecule has 0 radical (unpaired) electrons. The fourth-order valence-corrected chi connectivity index (χ4v) is 4.96. The number of benzene rings is 1. The molecule has 4 rings (SSSR count). The number of amides is 1. The van der Waals surface area contributed by atoms with Gasteiger partial charge in [-0.05, 0) is 55.5 Å². The van der Waals surface area contributed by atoms with Gasteiger partial charge in [0.2, 0.25) is 11.8 Å². The second-order valence-corrected chi connectivity index (χ2v) is 8.48. The van der Waals surface area contributed by atoms with Gasteiger partial charge >= 0.3 is 4.87 Å². The number of fused-ring (bicyclic) bond motifs is 1. The first-order valence-electron chi connectivity index (χ1n) is 9.67. The molecular weight excluding hydrogens is 378 g/mol. The standard InChI is InChI=1S/C20H25N3O4S/c1-27-15-4-2-13(10-16-19(25)22-20(26)28-16)14-3-5-17(24)23(18(14)15)11-12-6-8-21-9-7-12/h2,4,12,21,25H,3,5-11H2,1H3,(H,22,26). The highest BCUT2D eigenvalue weighted by Crippen LogP contribution is 2.41. The van der Waals surface area contributed by atoms with Crippen LogP contribution >= 0.6 is 11.3 Å². The maximum absolute atomic E-state index is 12.8. The van der Waals surface area contributed by atoms with Gasteiger partial charge in [0.05, 0.1) is 17.7 Å². The Labute approximate surface area is 167 Å². The molecule has 3 heterocycles. The van der Waals surface area contributed by atoms with Crippen LogP contribution in [0, 0.1) is 5.92 Å². The Morgan fingerprint density at radius 1 is 1.25 bits per heavy atom. The molecule has 0 unspecified atom stereocenters. The summed E-state index contributed by atoms with van der Waals surface area (Å²) in [5, 5.41) is 13.3. The third-order valence-electron chi connectivity index (χ3n) is 5.67. The lowest BCUT2D eigenvalue weighted by atomic mass is 9.91. The van der Waals surface area contributed by atoms with Gasteiger partial charge in [-0.2, -0.15) is 0 Å². The van der Waals surface area contributed by atoms with Crippen molar-refractivity contribution in [3.63, 3.8) is 0 Å². The topological polar surface area (TPSA) is 94.7 Å². The zero-order chi connectivity index (χ0) is 19.7. The van der Waals surface area contributed by atoms with Crippen molar-refractivity contribution in [3.05, 3.63) is 37.8 Å². The van der Waals surface area contributed by atoms with Gasteiger partial charge in [0.25, 0.3) is 0 Å². The molecular formula is C20H25N3O4S. The van der Waals surface area contributed by atoms with Crippen LogP contribution in [0.15, 0.2) is 16.9 Å². The molecule has 2 aromatic rings. The van der Waals surface area contributed by atoms with Gasteiger partial charge in [-0.1, -0.05) is 17.4 Å². The fraction of sp³-hybridized carbons (Fsp3) is 0.500. The summed E-state index contributed by atoms with van der Waals surface area (Å²) in [5.74, 6) is 1.24. The molecule has 150 valence electrons. The summed E-state index contributed by atoms with van der Waals surface area (Å²) in [6, 6.07) is 3.86. The predicted molar refractivity (Wildman–Crippen MR) is 109 cm³/mol. The molecule has 1 aromatic heterocycles. The lowest BCUT2D eigenvalue weighted by Crippen LogP contribution is -2.42. The first-order valence-corrected chi connectivity index (χ1v) is 10.5. The summed E-state index contributed by atoms with van der Waals surface area (Å²) in [4.78, 5) is 29.0. The number of aromatic hydroxyl groups is 1. The molecule has 0 atom stereocenters. The average molecular weight is 404 g/mol. The predicted octanol–water partition coefficient (Wildman–Crippen LogP) is 2.02. The zero-order valence-electron chi connectivity index (χ0n) is 15.9. The first kappa shape index (κ1) is 19.0. The van der Waals surface area contributed by atoms with E-state index in [-0.39, 0.29) is 16.7 Å². The molecule has 1 saturated heterocycles. The number of methoxy groups -OCH3 is 1. The summed E-state index contributed by atoms with van der Waals surface area (Å²) < 4.78 is 5.60. The fourth-order valence-electron chi connectivity index (χ4n) is 4.21. The Bertz CT molecular complexity index is 930. The van der Waals surface area contributed by atoms with Crippen molar-refractivity contribution in [1.29, 1.82) is 0 Å². The third kappa shape index (κ3) is 3.66. The van der Waals surface area contributed by atoms with E-state index >= 15 is 0 Å². The molecule has 2 aliphatic rings. The Hall–Kier alpha value is -2.32. The number of H-pyrrole nitrogens is 1. The van der Waals surface area contributed by atoms with Crippen LogP contribution in [0.3, 0.4) is 0 Å². The van der Waals surface area contributed by atoms with Gasteiger partial charge in [0, 0.05) is 19.4 Å². The van der Waals surface area contributed by atoms with Crippen LogP contribution in [0.1, 0.15) is 35.3 Å². The number of anilines is 1. The van der Waals surface area contributed by atoms with E-state index in [0.29, 0.717) is 42.4 Å². The lowest BCUT2D eigenvalue weighted by molar-refractivity contribution is -0.119. The number of nitrogens with zero attached hydrogens (tertiary/aromatic N) is 1. The van der Waals surface area contributed by atoms with Crippen molar-refractivity contribution in [2.45, 2.75) is 32.1 Å². The maximum atomic E-state index is 12.8. The number of ether oxygens (including phenoxy) is 1. The van der Waals surface area contributed by atoms with E-state index in [1.807, 2.05) is 17.0 Å². The SMILES string of the molecule is COc1ccc(Cc2sc(=O)[nH]c2O)c2c1N(CC1CCNCC1)C(=O)CC2. The largest absolute Gasteiger partial charge is 0.495 e. The molecule has 1 fully saturated rings. The van der Waals surface area contributed by atoms with E-state index in [1.165, 1.54) is 0 Å². The number of hydrogen-bond acceptors (Lipinski definition) is 6. The highest BCUT2D eigenvalue weighted by atomic mass is 32.1. The van der Waals surface area contributed by atoms with Crippen molar-refractivity contribution in [2.75, 3.05) is 31.6 Å². The zero-order valence-corrected chi connectivity index (χ0v) is 16.7. The number of hydrogen-bond donors (Lipinski definition) is 3. The van der Waals surface area contributed by atoms with E-state index in [0.717, 1.165) is 54.1 Å². The van der Waals surface area contributed by atoms with Crippen molar-refractivity contribution >= 4 is 22.9 Å². The summed E-state index contributed by atoms with van der Waals surface area (Å²) in [5.41, 5.74) is 2.95. The molecule has 0 bridgehead atoms. The van der Waals surface area contributed by atoms with E-state index < -0.39 is 0 Å². The molecule has 8 heteroatoms. The molecule has 0 saturated carbocycles. The van der Waals surface area contributed by atoms with Crippen molar-refractivity contribution in [1.82, 2.24) is 10.3 Å². The van der Waals surface area contributed by atoms with Crippen molar-refractivity contribution in [2.24, 2.45) is 5.92 Å². The minimum Gasteiger partial charge on any atom is -0.495 e. The summed E-state index contributed by atoms with van der Waals surface area (Å²) in [6.45, 7) is 2.68. The minimum absolute atomic E-state index is 0.0713. The quantitative estimate of drug-likeness (QED) is 0.710. The summed E-state index contributed by atoms with van der Waals surface area (Å²) in [6.07, 6.45) is 3.69. The van der Waals surface area contributed by atoms with Crippen LogP contribution in [0.2, 0.25) is 0 Å². The molecule has 2 aliphatic heterocycles. The van der Waals surface area contributed by atoms with E-state index in [2.05, 4.69) is 10.3 Å². The number of thiazole rings is 1. The monoisotopic (exact) mass is 403 g/mol. The number of aromatic nitrogens is 1. The van der Waals surface area contributed by atoms with E-state index in [4.69, 9.17) is 4.74 Å². The van der Waals surface area contributed by atoms with Crippen molar-refractivity contribution < 1.29 is 14.6 Å². The van der Waals surface area contributed by atoms with Gasteiger partial charge in [-0.25, -0.2) is 0 Å². The molecule has 7 nitrogen and oxygen atoms in total. The molecule has 0 aliphatic carbocycles. The van der Waals surface area contributed by atoms with Crippen LogP contribution in [0.25, 0.3) is 0 Å². The smallest absolute Gasteiger partial charge is 0.307 e. The maximum Gasteiger partial charge on any atom is 0.307 e. The minimum atomic E-state index is -0.266. The highest BCUT2D eigenvalue weighted by Gasteiger charge is 2.31. The van der Waals surface area contributed by atoms with Gasteiger partial charge in [0.15, 0.2) is 0 Å². The Morgan fingerprint density at radius 3 is 2.71 bits per heavy atom. The second kappa shape index (κ2) is 7.97. The van der Waals surface area contributed by atoms with E-state index in [9.17, 15) is 14.7 Å². The van der Waals surface area contributed by atoms with Gasteiger partial charge in [-0.15, -0.1) is 0 Å². The second-order valence-electron chi connectivity index (χ2n) is 7.41.